The summed E-state index contributed by atoms with van der Waals surface area (Å²) in [5, 5.41) is 35.2. The third-order valence-corrected chi connectivity index (χ3v) is 7.88. The Bertz CT molecular complexity index is 1960. The van der Waals surface area contributed by atoms with Crippen molar-refractivity contribution in [2.75, 3.05) is 0 Å². The van der Waals surface area contributed by atoms with E-state index in [2.05, 4.69) is 42.1 Å². The van der Waals surface area contributed by atoms with Crippen LogP contribution in [0, 0.1) is 27.7 Å². The second-order valence-corrected chi connectivity index (χ2v) is 11.9. The fourth-order valence-corrected chi connectivity index (χ4v) is 4.26. The fraction of sp³-hybridized carbons (Fsp3) is 0.0952. The van der Waals surface area contributed by atoms with E-state index in [0.29, 0.717) is 0 Å². The number of benzene rings is 2. The van der Waals surface area contributed by atoms with Crippen molar-refractivity contribution in [3.8, 4) is 34.4 Å². The largest absolute Gasteiger partial charge is 0.506 e. The minimum absolute atomic E-state index is 0.00231. The van der Waals surface area contributed by atoms with Gasteiger partial charge in [-0.15, -0.1) is 0 Å². The maximum Gasteiger partial charge on any atom is 0.137 e. The number of hydrogen-bond acceptors (Lipinski definition) is 10. The Balaban J connectivity index is 0.000000184. The molecule has 5 aromatic heterocycles. The average molecular weight is 764 g/mol. The number of halogens is 2. The van der Waals surface area contributed by atoms with Crippen LogP contribution in [0.25, 0.3) is 23.5 Å². The summed E-state index contributed by atoms with van der Waals surface area (Å²) in [5.41, 5.74) is 8.25. The topological polar surface area (TPSA) is 158 Å². The second-order valence-electron chi connectivity index (χ2n) is 11.1. The summed E-state index contributed by atoms with van der Waals surface area (Å²) < 4.78 is 0. The number of aryl methyl sites for hydroxylation is 4. The van der Waals surface area contributed by atoms with E-state index in [1.165, 1.54) is 36.4 Å². The van der Waals surface area contributed by atoms with E-state index in [4.69, 9.17) is 43.6 Å². The molecule has 276 valence electrons. The first-order valence-electron chi connectivity index (χ1n) is 16.4. The number of aromatic nitrogens is 6. The summed E-state index contributed by atoms with van der Waals surface area (Å²) >= 11 is 10.8. The molecule has 7 rings (SSSR count). The van der Waals surface area contributed by atoms with Gasteiger partial charge in [-0.1, -0.05) is 59.6 Å². The van der Waals surface area contributed by atoms with Gasteiger partial charge in [-0.3, -0.25) is 29.9 Å². The zero-order chi connectivity index (χ0) is 39.3. The lowest BCUT2D eigenvalue weighted by Crippen LogP contribution is -1.97. The number of nitrogens with zero attached hydrogens (tertiary/aromatic N) is 6. The summed E-state index contributed by atoms with van der Waals surface area (Å²) in [6, 6.07) is 28.1. The zero-order valence-electron chi connectivity index (χ0n) is 30.1. The molecule has 4 N–H and O–H groups in total. The molecule has 2 aromatic carbocycles. The summed E-state index contributed by atoms with van der Waals surface area (Å²) in [6.45, 7) is 7.92. The molecule has 54 heavy (non-hydrogen) atoms. The molecule has 0 amide bonds. The van der Waals surface area contributed by atoms with Gasteiger partial charge in [-0.05, 0) is 112 Å². The van der Waals surface area contributed by atoms with Crippen molar-refractivity contribution in [1.82, 2.24) is 29.9 Å². The minimum Gasteiger partial charge on any atom is -0.506 e. The number of phenols is 4. The highest BCUT2D eigenvalue weighted by Crippen LogP contribution is 2.31. The van der Waals surface area contributed by atoms with Crippen LogP contribution in [0.2, 0.25) is 10.0 Å². The number of hydrogen-bond donors (Lipinski definition) is 4. The summed E-state index contributed by atoms with van der Waals surface area (Å²) in [7, 11) is 0. The Hall–Kier alpha value is -6.36. The average Bonchev–Trinajstić information content (AvgIpc) is 3.20. The molecule has 12 heteroatoms. The highest BCUT2D eigenvalue weighted by atomic mass is 35.5. The molecule has 0 aliphatic heterocycles. The molecule has 7 aromatic rings. The van der Waals surface area contributed by atoms with Crippen LogP contribution in [-0.4, -0.2) is 50.3 Å². The normalized spacial score (nSPS) is 9.89. The molecular weight excluding hydrogens is 723 g/mol. The molecule has 0 radical (unpaired) electrons. The van der Waals surface area contributed by atoms with Crippen molar-refractivity contribution < 1.29 is 20.4 Å². The predicted molar refractivity (Wildman–Crippen MR) is 215 cm³/mol. The van der Waals surface area contributed by atoms with Crippen LogP contribution in [0.15, 0.2) is 134 Å². The molecule has 0 saturated heterocycles. The van der Waals surface area contributed by atoms with Gasteiger partial charge in [0.25, 0.3) is 0 Å². The van der Waals surface area contributed by atoms with Crippen LogP contribution in [0.5, 0.6) is 23.0 Å². The molecule has 0 unspecified atom stereocenters. The van der Waals surface area contributed by atoms with Crippen molar-refractivity contribution >= 4 is 35.4 Å². The third-order valence-electron chi connectivity index (χ3n) is 7.11. The summed E-state index contributed by atoms with van der Waals surface area (Å²) in [5.74, 6) is -0.401. The maximum atomic E-state index is 8.81. The predicted octanol–water partition coefficient (Wildman–Crippen LogP) is 10.0. The fourth-order valence-electron chi connectivity index (χ4n) is 4.01. The lowest BCUT2D eigenvalue weighted by atomic mass is 10.2. The highest BCUT2D eigenvalue weighted by molar-refractivity contribution is 6.33. The van der Waals surface area contributed by atoms with Gasteiger partial charge in [0.05, 0.1) is 34.2 Å². The molecule has 0 fully saturated rings. The summed E-state index contributed by atoms with van der Waals surface area (Å²) in [6.07, 6.45) is 14.8. The van der Waals surface area contributed by atoms with Crippen LogP contribution in [-0.2, 0) is 0 Å². The Morgan fingerprint density at radius 2 is 0.722 bits per heavy atom. The molecule has 0 atom stereocenters. The van der Waals surface area contributed by atoms with E-state index in [0.717, 1.165) is 45.3 Å². The molecule has 0 saturated carbocycles. The Morgan fingerprint density at radius 3 is 0.981 bits per heavy atom. The first kappa shape index (κ1) is 42.1. The summed E-state index contributed by atoms with van der Waals surface area (Å²) in [4.78, 5) is 24.9. The van der Waals surface area contributed by atoms with Crippen molar-refractivity contribution in [3.63, 3.8) is 0 Å². The van der Waals surface area contributed by atoms with Crippen LogP contribution in [0.4, 0.5) is 0 Å². The smallest absolute Gasteiger partial charge is 0.137 e. The molecule has 5 heterocycles. The van der Waals surface area contributed by atoms with Gasteiger partial charge < -0.3 is 20.4 Å². The molecule has 0 aliphatic carbocycles. The third kappa shape index (κ3) is 14.7. The number of aromatic hydroxyl groups is 4. The zero-order valence-corrected chi connectivity index (χ0v) is 31.6. The van der Waals surface area contributed by atoms with Crippen LogP contribution in [0.3, 0.4) is 0 Å². The van der Waals surface area contributed by atoms with Crippen molar-refractivity contribution in [1.29, 1.82) is 0 Å². The van der Waals surface area contributed by atoms with Crippen LogP contribution >= 0.6 is 23.2 Å². The highest BCUT2D eigenvalue weighted by Gasteiger charge is 2.01. The first-order valence-corrected chi connectivity index (χ1v) is 17.1. The van der Waals surface area contributed by atoms with E-state index in [-0.39, 0.29) is 33.0 Å². The van der Waals surface area contributed by atoms with Gasteiger partial charge in [0.2, 0.25) is 0 Å². The molecular formula is C42H40Cl2N6O4. The number of phenolic OH excluding ortho intramolecular Hbond substituents is 4. The van der Waals surface area contributed by atoms with E-state index < -0.39 is 0 Å². The van der Waals surface area contributed by atoms with E-state index in [9.17, 15) is 0 Å². The van der Waals surface area contributed by atoms with Crippen molar-refractivity contribution in [2.24, 2.45) is 0 Å². The minimum atomic E-state index is -0.100. The molecule has 0 aliphatic rings. The SMILES string of the molecule is C(=C\c1ccncc1)/c1ccncc1.Cc1nc(C)c(C)nc1C.Oc1cccc(O)c1Cl.Oc1cccc(O)c1Cl.c1ccc(-c2ccccn2)nc1. The van der Waals surface area contributed by atoms with E-state index in [1.807, 2.05) is 88.4 Å². The van der Waals surface area contributed by atoms with Crippen molar-refractivity contribution in [2.45, 2.75) is 27.7 Å². The lowest BCUT2D eigenvalue weighted by molar-refractivity contribution is 0.450. The van der Waals surface area contributed by atoms with Crippen LogP contribution in [0.1, 0.15) is 33.9 Å². The van der Waals surface area contributed by atoms with Gasteiger partial charge in [-0.2, -0.15) is 0 Å². The molecule has 0 spiro atoms. The standard InChI is InChI=1S/C12H10N2.C10H8N2.C8H12N2.2C6H5ClO2/c1(11-3-7-13-8-4-11)2-12-5-9-14-10-6-12;1-3-7-11-9(5-1)10-6-2-4-8-12-10;1-5-6(2)10-8(4)7(3)9-5;2*7-6-4(8)2-1-3-5(6)9/h1-10H;1-8H;1-4H3;2*1-3,8-9H/b2-1+;;;;. The number of rotatable bonds is 3. The van der Waals surface area contributed by atoms with Crippen LogP contribution < -0.4 is 0 Å². The van der Waals surface area contributed by atoms with E-state index >= 15 is 0 Å². The monoisotopic (exact) mass is 762 g/mol. The lowest BCUT2D eigenvalue weighted by Gasteiger charge is -2.01. The van der Waals surface area contributed by atoms with Gasteiger partial charge in [0, 0.05) is 37.2 Å². The Labute approximate surface area is 324 Å². The Kier molecular flexibility index (Phi) is 17.6. The molecule has 0 bridgehead atoms. The van der Waals surface area contributed by atoms with Gasteiger partial charge >= 0.3 is 0 Å². The van der Waals surface area contributed by atoms with Gasteiger partial charge in [0.15, 0.2) is 0 Å². The second kappa shape index (κ2) is 22.5. The Morgan fingerprint density at radius 1 is 0.407 bits per heavy atom. The maximum absolute atomic E-state index is 8.81. The number of pyridine rings is 4. The van der Waals surface area contributed by atoms with E-state index in [1.54, 1.807) is 37.2 Å². The van der Waals surface area contributed by atoms with Gasteiger partial charge in [0.1, 0.15) is 33.0 Å². The molecule has 10 nitrogen and oxygen atoms in total. The van der Waals surface area contributed by atoms with Gasteiger partial charge in [-0.25, -0.2) is 0 Å². The quantitative estimate of drug-likeness (QED) is 0.136. The first-order chi connectivity index (χ1) is 26.0. The van der Waals surface area contributed by atoms with Crippen molar-refractivity contribution in [3.05, 3.63) is 178 Å².